The Morgan fingerprint density at radius 3 is 2.75 bits per heavy atom. The van der Waals surface area contributed by atoms with Crippen LogP contribution in [0.1, 0.15) is 56.9 Å². The van der Waals surface area contributed by atoms with Gasteiger partial charge in [-0.3, -0.25) is 0 Å². The normalized spacial score (nSPS) is 15.4. The van der Waals surface area contributed by atoms with Gasteiger partial charge >= 0.3 is 0 Å². The van der Waals surface area contributed by atoms with Crippen molar-refractivity contribution < 1.29 is 13.7 Å². The lowest BCUT2D eigenvalue weighted by molar-refractivity contribution is 0.277. The molecule has 3 rings (SSSR count). The molecule has 0 N–H and O–H groups in total. The second-order valence-corrected chi connectivity index (χ2v) is 8.56. The summed E-state index contributed by atoms with van der Waals surface area (Å²) in [6.07, 6.45) is 6.34. The molecule has 1 aliphatic heterocycles. The van der Waals surface area contributed by atoms with Crippen molar-refractivity contribution >= 4 is 17.7 Å². The number of hydrogen-bond acceptors (Lipinski definition) is 6. The number of halogens is 1. The van der Waals surface area contributed by atoms with Crippen molar-refractivity contribution in [3.8, 4) is 5.75 Å². The van der Waals surface area contributed by atoms with Gasteiger partial charge in [-0.05, 0) is 54.6 Å². The number of benzene rings is 1. The number of piperidine rings is 1. The lowest BCUT2D eigenvalue weighted by Crippen LogP contribution is -2.34. The smallest absolute Gasteiger partial charge is 0.266 e. The molecule has 1 aromatic heterocycles. The molecule has 1 saturated heterocycles. The second kappa shape index (κ2) is 10.1. The molecule has 1 aromatic carbocycles. The summed E-state index contributed by atoms with van der Waals surface area (Å²) in [5.74, 6) is 3.50. The molecule has 1 aliphatic rings. The van der Waals surface area contributed by atoms with Gasteiger partial charge in [-0.1, -0.05) is 19.9 Å². The van der Waals surface area contributed by atoms with E-state index in [2.05, 4.69) is 28.9 Å². The van der Waals surface area contributed by atoms with E-state index >= 15 is 0 Å². The molecule has 1 fully saturated rings. The molecule has 0 saturated carbocycles. The van der Waals surface area contributed by atoms with Crippen LogP contribution >= 0.6 is 11.8 Å². The van der Waals surface area contributed by atoms with Crippen LogP contribution in [0.2, 0.25) is 0 Å². The Morgan fingerprint density at radius 2 is 2.11 bits per heavy atom. The van der Waals surface area contributed by atoms with E-state index in [0.717, 1.165) is 50.3 Å². The molecule has 154 valence electrons. The largest absolute Gasteiger partial charge is 0.493 e. The third kappa shape index (κ3) is 5.63. The molecule has 2 aromatic rings. The Bertz CT molecular complexity index is 745. The summed E-state index contributed by atoms with van der Waals surface area (Å²) >= 11 is 1.62. The third-order valence-corrected chi connectivity index (χ3v) is 5.77. The number of rotatable bonds is 9. The van der Waals surface area contributed by atoms with Crippen molar-refractivity contribution in [2.24, 2.45) is 5.92 Å². The monoisotopic (exact) mass is 407 g/mol. The Kier molecular flexibility index (Phi) is 7.59. The van der Waals surface area contributed by atoms with Gasteiger partial charge in [0.05, 0.1) is 6.61 Å². The molecule has 0 amide bonds. The van der Waals surface area contributed by atoms with E-state index < -0.39 is 0 Å². The summed E-state index contributed by atoms with van der Waals surface area (Å²) in [5.41, 5.74) is 0.730. The van der Waals surface area contributed by atoms with Crippen LogP contribution in [-0.2, 0) is 5.75 Å². The zero-order valence-electron chi connectivity index (χ0n) is 17.0. The fourth-order valence-electron chi connectivity index (χ4n) is 3.46. The minimum Gasteiger partial charge on any atom is -0.493 e. The van der Waals surface area contributed by atoms with Crippen LogP contribution in [0.5, 0.6) is 5.75 Å². The van der Waals surface area contributed by atoms with Crippen molar-refractivity contribution in [3.63, 3.8) is 0 Å². The van der Waals surface area contributed by atoms with E-state index in [-0.39, 0.29) is 11.7 Å². The maximum absolute atomic E-state index is 13.9. The standard InChI is InChI=1S/C21H30FN3O2S/c1-15(2)20-23-21(24-27-20)25-10-8-16(9-11-25)5-4-12-26-18-7-6-17(14-28-3)19(22)13-18/h6-7,13,15-16H,4-5,8-12,14H2,1-3H3. The van der Waals surface area contributed by atoms with E-state index in [4.69, 9.17) is 9.26 Å². The summed E-state index contributed by atoms with van der Waals surface area (Å²) in [6, 6.07) is 5.18. The summed E-state index contributed by atoms with van der Waals surface area (Å²) in [6.45, 7) is 6.66. The van der Waals surface area contributed by atoms with Crippen molar-refractivity contribution in [1.29, 1.82) is 0 Å². The van der Waals surface area contributed by atoms with Gasteiger partial charge in [0, 0.05) is 30.8 Å². The molecular formula is C21H30FN3O2S. The molecular weight excluding hydrogens is 377 g/mol. The number of hydrogen-bond donors (Lipinski definition) is 0. The number of thioether (sulfide) groups is 1. The fraction of sp³-hybridized carbons (Fsp3) is 0.619. The van der Waals surface area contributed by atoms with E-state index in [1.165, 1.54) is 6.07 Å². The van der Waals surface area contributed by atoms with Gasteiger partial charge in [-0.2, -0.15) is 16.7 Å². The first-order valence-electron chi connectivity index (χ1n) is 10.1. The van der Waals surface area contributed by atoms with Gasteiger partial charge < -0.3 is 14.2 Å². The van der Waals surface area contributed by atoms with Crippen molar-refractivity contribution in [2.45, 2.75) is 51.2 Å². The Labute approximate surface area is 171 Å². The third-order valence-electron chi connectivity index (χ3n) is 5.17. The molecule has 0 bridgehead atoms. The maximum atomic E-state index is 13.9. The van der Waals surface area contributed by atoms with Crippen molar-refractivity contribution in [1.82, 2.24) is 10.1 Å². The Morgan fingerprint density at radius 1 is 1.32 bits per heavy atom. The highest BCUT2D eigenvalue weighted by atomic mass is 32.2. The second-order valence-electron chi connectivity index (χ2n) is 7.69. The van der Waals surface area contributed by atoms with Gasteiger partial charge in [-0.15, -0.1) is 0 Å². The van der Waals surface area contributed by atoms with E-state index in [1.807, 2.05) is 18.4 Å². The molecule has 0 aliphatic carbocycles. The van der Waals surface area contributed by atoms with Crippen LogP contribution in [0, 0.1) is 11.7 Å². The molecule has 5 nitrogen and oxygen atoms in total. The quantitative estimate of drug-likeness (QED) is 0.528. The number of aromatic nitrogens is 2. The van der Waals surface area contributed by atoms with Crippen molar-refractivity contribution in [2.75, 3.05) is 30.9 Å². The summed E-state index contributed by atoms with van der Waals surface area (Å²) < 4.78 is 25.0. The molecule has 2 heterocycles. The molecule has 0 spiro atoms. The van der Waals surface area contributed by atoms with E-state index in [9.17, 15) is 4.39 Å². The Hall–Kier alpha value is -1.76. The summed E-state index contributed by atoms with van der Waals surface area (Å²) in [4.78, 5) is 6.70. The average molecular weight is 408 g/mol. The van der Waals surface area contributed by atoms with Crippen LogP contribution in [-0.4, -0.2) is 36.1 Å². The summed E-state index contributed by atoms with van der Waals surface area (Å²) in [7, 11) is 0. The number of anilines is 1. The highest BCUT2D eigenvalue weighted by Crippen LogP contribution is 2.26. The maximum Gasteiger partial charge on any atom is 0.266 e. The fourth-order valence-corrected chi connectivity index (χ4v) is 4.01. The van der Waals surface area contributed by atoms with Gasteiger partial charge in [0.2, 0.25) is 5.89 Å². The predicted molar refractivity (Wildman–Crippen MR) is 112 cm³/mol. The number of nitrogens with zero attached hydrogens (tertiary/aromatic N) is 3. The lowest BCUT2D eigenvalue weighted by atomic mass is 9.92. The van der Waals surface area contributed by atoms with Crippen LogP contribution in [0.25, 0.3) is 0 Å². The average Bonchev–Trinajstić information content (AvgIpc) is 3.18. The molecule has 0 unspecified atom stereocenters. The van der Waals surface area contributed by atoms with Crippen LogP contribution in [0.15, 0.2) is 22.7 Å². The molecule has 0 radical (unpaired) electrons. The molecule has 0 atom stereocenters. The van der Waals surface area contributed by atoms with E-state index in [0.29, 0.717) is 29.9 Å². The topological polar surface area (TPSA) is 51.4 Å². The van der Waals surface area contributed by atoms with Crippen molar-refractivity contribution in [3.05, 3.63) is 35.5 Å². The van der Waals surface area contributed by atoms with Gasteiger partial charge in [0.25, 0.3) is 5.95 Å². The van der Waals surface area contributed by atoms with Crippen LogP contribution in [0.4, 0.5) is 10.3 Å². The first kappa shape index (κ1) is 21.0. The minimum absolute atomic E-state index is 0.179. The minimum atomic E-state index is -0.179. The first-order chi connectivity index (χ1) is 13.6. The first-order valence-corrected chi connectivity index (χ1v) is 11.4. The van der Waals surface area contributed by atoms with Crippen LogP contribution < -0.4 is 9.64 Å². The van der Waals surface area contributed by atoms with Gasteiger partial charge in [0.1, 0.15) is 11.6 Å². The number of ether oxygens (including phenoxy) is 1. The van der Waals surface area contributed by atoms with E-state index in [1.54, 1.807) is 11.8 Å². The molecule has 7 heteroatoms. The summed E-state index contributed by atoms with van der Waals surface area (Å²) in [5, 5.41) is 4.11. The highest BCUT2D eigenvalue weighted by Gasteiger charge is 2.23. The zero-order chi connectivity index (χ0) is 19.9. The van der Waals surface area contributed by atoms with Crippen LogP contribution in [0.3, 0.4) is 0 Å². The Balaban J connectivity index is 1.36. The molecule has 28 heavy (non-hydrogen) atoms. The predicted octanol–water partition coefficient (Wildman–Crippen LogP) is 5.27. The SMILES string of the molecule is CSCc1ccc(OCCCC2CCN(c3noc(C(C)C)n3)CC2)cc1F. The van der Waals surface area contributed by atoms with Gasteiger partial charge in [-0.25, -0.2) is 4.39 Å². The lowest BCUT2D eigenvalue weighted by Gasteiger charge is -2.30. The zero-order valence-corrected chi connectivity index (χ0v) is 17.8. The highest BCUT2D eigenvalue weighted by molar-refractivity contribution is 7.97. The van der Waals surface area contributed by atoms with Gasteiger partial charge in [0.15, 0.2) is 0 Å².